The average molecular weight is 715 g/mol. The Bertz CT molecular complexity index is 2200. The molecule has 53 heavy (non-hydrogen) atoms. The molecule has 0 bridgehead atoms. The van der Waals surface area contributed by atoms with Crippen molar-refractivity contribution in [2.75, 3.05) is 13.6 Å². The number of imidazole rings is 2. The highest BCUT2D eigenvalue weighted by Gasteiger charge is 2.48. The summed E-state index contributed by atoms with van der Waals surface area (Å²) in [7, 11) is 1.82. The standard InChI is InChI=1S/C43H50N6O4/c1-41(2,3)52-39(50)48(7)43(21-9-22-43)38-45-32-19-16-29(25-34(32)46-38)27-13-11-26(12-14-27)28-15-18-31-30(24-28)17-20-33-36(31)47-37(44-33)35-10-8-23-49(35)40(51)53-42(4,5)6/h11-16,18-19,24-25,35H,8-10,17,20-23H2,1-7H3,(H,44,47)(H,45,46)/t35-/m0/s1. The number of H-pyrrole nitrogens is 2. The summed E-state index contributed by atoms with van der Waals surface area (Å²) in [6.07, 6.45) is 5.71. The summed E-state index contributed by atoms with van der Waals surface area (Å²) in [5.41, 5.74) is 9.42. The fourth-order valence-electron chi connectivity index (χ4n) is 8.07. The molecule has 1 saturated heterocycles. The van der Waals surface area contributed by atoms with Gasteiger partial charge in [0.05, 0.1) is 28.5 Å². The molecule has 1 aliphatic heterocycles. The van der Waals surface area contributed by atoms with Gasteiger partial charge in [-0.1, -0.05) is 48.5 Å². The number of ether oxygens (including phenoxy) is 2. The van der Waals surface area contributed by atoms with E-state index in [2.05, 4.69) is 70.6 Å². The molecule has 0 unspecified atom stereocenters. The zero-order valence-corrected chi connectivity index (χ0v) is 31.9. The van der Waals surface area contributed by atoms with Gasteiger partial charge in [-0.25, -0.2) is 19.6 Å². The molecule has 10 heteroatoms. The van der Waals surface area contributed by atoms with E-state index < -0.39 is 16.7 Å². The Labute approximate surface area is 311 Å². The van der Waals surface area contributed by atoms with Gasteiger partial charge >= 0.3 is 12.2 Å². The molecule has 5 aromatic rings. The monoisotopic (exact) mass is 714 g/mol. The topological polar surface area (TPSA) is 116 Å². The lowest BCUT2D eigenvalue weighted by atomic mass is 9.75. The van der Waals surface area contributed by atoms with Crippen LogP contribution in [-0.2, 0) is 27.9 Å². The van der Waals surface area contributed by atoms with E-state index in [9.17, 15) is 9.59 Å². The third-order valence-electron chi connectivity index (χ3n) is 11.0. The Morgan fingerprint density at radius 2 is 1.47 bits per heavy atom. The number of aryl methyl sites for hydroxylation is 2. The number of amides is 2. The van der Waals surface area contributed by atoms with Crippen molar-refractivity contribution in [3.63, 3.8) is 0 Å². The largest absolute Gasteiger partial charge is 0.444 e. The maximum absolute atomic E-state index is 13.0. The number of fused-ring (bicyclic) bond motifs is 4. The first-order valence-corrected chi connectivity index (χ1v) is 19.0. The highest BCUT2D eigenvalue weighted by molar-refractivity contribution is 5.83. The number of nitrogens with one attached hydrogen (secondary N) is 2. The molecule has 276 valence electrons. The molecule has 2 fully saturated rings. The zero-order chi connectivity index (χ0) is 37.3. The maximum Gasteiger partial charge on any atom is 0.410 e. The fourth-order valence-corrected chi connectivity index (χ4v) is 8.07. The Balaban J connectivity index is 0.996. The van der Waals surface area contributed by atoms with Gasteiger partial charge in [0.25, 0.3) is 0 Å². The number of aromatic amines is 2. The van der Waals surface area contributed by atoms with Crippen LogP contribution in [0, 0.1) is 0 Å². The van der Waals surface area contributed by atoms with Crippen LogP contribution < -0.4 is 0 Å². The van der Waals surface area contributed by atoms with E-state index in [1.54, 1.807) is 4.90 Å². The van der Waals surface area contributed by atoms with E-state index in [1.165, 1.54) is 16.7 Å². The minimum absolute atomic E-state index is 0.0991. The lowest BCUT2D eigenvalue weighted by Crippen LogP contribution is -2.53. The molecule has 2 aliphatic carbocycles. The number of carbonyl (C=O) groups is 2. The van der Waals surface area contributed by atoms with Gasteiger partial charge in [-0.05, 0) is 126 Å². The van der Waals surface area contributed by atoms with Crippen molar-refractivity contribution >= 4 is 23.2 Å². The van der Waals surface area contributed by atoms with Crippen LogP contribution in [0.2, 0.25) is 0 Å². The number of hydrogen-bond acceptors (Lipinski definition) is 6. The molecule has 0 spiro atoms. The average Bonchev–Trinajstić information content (AvgIpc) is 3.84. The van der Waals surface area contributed by atoms with Gasteiger partial charge < -0.3 is 19.4 Å². The lowest BCUT2D eigenvalue weighted by molar-refractivity contribution is -0.0212. The van der Waals surface area contributed by atoms with Crippen molar-refractivity contribution in [2.24, 2.45) is 0 Å². The number of rotatable bonds is 5. The number of benzene rings is 3. The smallest absolute Gasteiger partial charge is 0.410 e. The summed E-state index contributed by atoms with van der Waals surface area (Å²) in [6.45, 7) is 12.1. The Kier molecular flexibility index (Phi) is 8.42. The summed E-state index contributed by atoms with van der Waals surface area (Å²) in [4.78, 5) is 46.7. The summed E-state index contributed by atoms with van der Waals surface area (Å²) in [5.74, 6) is 1.66. The molecule has 2 aromatic heterocycles. The van der Waals surface area contributed by atoms with Gasteiger partial charge in [0.1, 0.15) is 28.4 Å². The lowest BCUT2D eigenvalue weighted by Gasteiger charge is -2.46. The Morgan fingerprint density at radius 1 is 0.811 bits per heavy atom. The minimum Gasteiger partial charge on any atom is -0.444 e. The van der Waals surface area contributed by atoms with Crippen molar-refractivity contribution in [3.05, 3.63) is 83.6 Å². The van der Waals surface area contributed by atoms with Crippen LogP contribution in [0.5, 0.6) is 0 Å². The van der Waals surface area contributed by atoms with Gasteiger partial charge in [0.2, 0.25) is 0 Å². The second-order valence-electron chi connectivity index (χ2n) is 17.0. The van der Waals surface area contributed by atoms with Crippen LogP contribution >= 0.6 is 0 Å². The highest BCUT2D eigenvalue weighted by Crippen LogP contribution is 2.46. The van der Waals surface area contributed by atoms with Crippen molar-refractivity contribution in [1.82, 2.24) is 29.7 Å². The second-order valence-corrected chi connectivity index (χ2v) is 17.0. The van der Waals surface area contributed by atoms with Gasteiger partial charge in [-0.2, -0.15) is 0 Å². The first-order chi connectivity index (χ1) is 25.2. The van der Waals surface area contributed by atoms with Gasteiger partial charge in [-0.3, -0.25) is 9.80 Å². The SMILES string of the molecule is CN(C(=O)OC(C)(C)C)C1(c2nc3ccc(-c4ccc(-c5ccc6c(c5)CCc5nc([C@@H]7CCCN7C(=O)OC(C)(C)C)[nH]c5-6)cc4)cc3[nH]2)CCC1. The molecule has 1 atom stereocenters. The van der Waals surface area contributed by atoms with Gasteiger partial charge in [0.15, 0.2) is 0 Å². The van der Waals surface area contributed by atoms with E-state index in [1.807, 2.05) is 53.5 Å². The first kappa shape index (κ1) is 34.9. The number of carbonyl (C=O) groups excluding carboxylic acids is 2. The summed E-state index contributed by atoms with van der Waals surface area (Å²) in [6, 6.07) is 21.6. The van der Waals surface area contributed by atoms with E-state index in [0.29, 0.717) is 6.54 Å². The molecular formula is C43H50N6O4. The number of likely N-dealkylation sites (tertiary alicyclic amines) is 1. The molecule has 2 N–H and O–H groups in total. The highest BCUT2D eigenvalue weighted by atomic mass is 16.6. The van der Waals surface area contributed by atoms with E-state index in [-0.39, 0.29) is 18.2 Å². The number of nitrogens with zero attached hydrogens (tertiary/aromatic N) is 4. The fraction of sp³-hybridized carbons (Fsp3) is 0.442. The predicted octanol–water partition coefficient (Wildman–Crippen LogP) is 9.70. The zero-order valence-electron chi connectivity index (χ0n) is 31.9. The first-order valence-electron chi connectivity index (χ1n) is 19.0. The van der Waals surface area contributed by atoms with Crippen LogP contribution in [-0.4, -0.2) is 66.7 Å². The second kappa shape index (κ2) is 12.8. The third kappa shape index (κ3) is 6.57. The van der Waals surface area contributed by atoms with E-state index >= 15 is 0 Å². The van der Waals surface area contributed by atoms with E-state index in [4.69, 9.17) is 19.4 Å². The molecule has 2 amide bonds. The molecule has 3 aliphatic rings. The third-order valence-corrected chi connectivity index (χ3v) is 11.0. The molecule has 0 radical (unpaired) electrons. The summed E-state index contributed by atoms with van der Waals surface area (Å²) >= 11 is 0. The van der Waals surface area contributed by atoms with Crippen LogP contribution in [0.15, 0.2) is 60.7 Å². The van der Waals surface area contributed by atoms with Crippen molar-refractivity contribution in [1.29, 1.82) is 0 Å². The molecule has 1 saturated carbocycles. The predicted molar refractivity (Wildman–Crippen MR) is 206 cm³/mol. The molecule has 3 heterocycles. The normalized spacial score (nSPS) is 17.9. The molecular weight excluding hydrogens is 665 g/mol. The molecule has 8 rings (SSSR count). The van der Waals surface area contributed by atoms with Crippen molar-refractivity contribution in [2.45, 2.75) is 109 Å². The summed E-state index contributed by atoms with van der Waals surface area (Å²) < 4.78 is 11.4. The van der Waals surface area contributed by atoms with Crippen LogP contribution in [0.3, 0.4) is 0 Å². The van der Waals surface area contributed by atoms with Gasteiger partial charge in [-0.15, -0.1) is 0 Å². The van der Waals surface area contributed by atoms with Crippen LogP contribution in [0.1, 0.15) is 103 Å². The number of aromatic nitrogens is 4. The van der Waals surface area contributed by atoms with Crippen LogP contribution in [0.4, 0.5) is 9.59 Å². The Morgan fingerprint density at radius 3 is 2.13 bits per heavy atom. The van der Waals surface area contributed by atoms with E-state index in [0.717, 1.165) is 95.7 Å². The van der Waals surface area contributed by atoms with Gasteiger partial charge in [0, 0.05) is 19.2 Å². The van der Waals surface area contributed by atoms with Crippen molar-refractivity contribution < 1.29 is 19.1 Å². The summed E-state index contributed by atoms with van der Waals surface area (Å²) in [5, 5.41) is 0. The number of hydrogen-bond donors (Lipinski definition) is 2. The molecule has 10 nitrogen and oxygen atoms in total. The van der Waals surface area contributed by atoms with Crippen molar-refractivity contribution in [3.8, 4) is 33.5 Å². The molecule has 3 aromatic carbocycles. The minimum atomic E-state index is -0.562. The maximum atomic E-state index is 13.0. The Hall–Kier alpha value is -5.12. The quantitative estimate of drug-likeness (QED) is 0.187. The van der Waals surface area contributed by atoms with Crippen LogP contribution in [0.25, 0.3) is 44.5 Å².